The van der Waals surface area contributed by atoms with Crippen LogP contribution in [0.3, 0.4) is 0 Å². The number of piperidine rings is 1. The van der Waals surface area contributed by atoms with Gasteiger partial charge in [0.25, 0.3) is 0 Å². The zero-order chi connectivity index (χ0) is 26.7. The summed E-state index contributed by atoms with van der Waals surface area (Å²) >= 11 is 6.58. The van der Waals surface area contributed by atoms with Crippen molar-refractivity contribution in [3.63, 3.8) is 0 Å². The van der Waals surface area contributed by atoms with Crippen LogP contribution in [0.25, 0.3) is 17.3 Å². The molecule has 1 aromatic heterocycles. The molecule has 198 valence electrons. The molecule has 7 nitrogen and oxygen atoms in total. The van der Waals surface area contributed by atoms with Crippen LogP contribution in [-0.2, 0) is 10.0 Å². The summed E-state index contributed by atoms with van der Waals surface area (Å²) in [6.07, 6.45) is 7.92. The first kappa shape index (κ1) is 25.3. The van der Waals surface area contributed by atoms with E-state index in [2.05, 4.69) is 11.2 Å². The van der Waals surface area contributed by atoms with Gasteiger partial charge < -0.3 is 9.63 Å². The third-order valence-corrected chi connectivity index (χ3v) is 10.5. The van der Waals surface area contributed by atoms with Crippen LogP contribution < -0.4 is 0 Å². The monoisotopic (exact) mass is 552 g/mol. The highest BCUT2D eigenvalue weighted by atomic mass is 35.5. The zero-order valence-electron chi connectivity index (χ0n) is 21.1. The van der Waals surface area contributed by atoms with Gasteiger partial charge in [0, 0.05) is 30.1 Å². The van der Waals surface area contributed by atoms with Gasteiger partial charge in [0.1, 0.15) is 11.5 Å². The fourth-order valence-corrected chi connectivity index (χ4v) is 7.64. The molecule has 3 fully saturated rings. The molecule has 2 saturated carbocycles. The Hall–Kier alpha value is -2.94. The third-order valence-electron chi connectivity index (χ3n) is 8.24. The molecule has 1 aliphatic heterocycles. The molecule has 9 heteroatoms. The highest BCUT2D eigenvalue weighted by molar-refractivity contribution is 7.89. The summed E-state index contributed by atoms with van der Waals surface area (Å²) in [6.45, 7) is 2.95. The number of aromatic carboxylic acids is 1. The minimum atomic E-state index is -3.65. The van der Waals surface area contributed by atoms with Crippen LogP contribution in [-0.4, -0.2) is 42.0 Å². The zero-order valence-corrected chi connectivity index (χ0v) is 22.7. The average Bonchev–Trinajstić information content (AvgIpc) is 3.64. The molecular weight excluding hydrogens is 524 g/mol. The van der Waals surface area contributed by atoms with E-state index in [1.807, 2.05) is 25.1 Å². The van der Waals surface area contributed by atoms with Gasteiger partial charge in [0.05, 0.1) is 15.5 Å². The van der Waals surface area contributed by atoms with E-state index in [0.29, 0.717) is 24.0 Å². The summed E-state index contributed by atoms with van der Waals surface area (Å²) in [4.78, 5) is 11.2. The lowest BCUT2D eigenvalue weighted by Gasteiger charge is -2.49. The lowest BCUT2D eigenvalue weighted by molar-refractivity contribution is 0.0696. The third kappa shape index (κ3) is 4.48. The van der Waals surface area contributed by atoms with Crippen LogP contribution in [0.5, 0.6) is 0 Å². The van der Waals surface area contributed by atoms with Crippen molar-refractivity contribution in [2.24, 2.45) is 5.41 Å². The Morgan fingerprint density at radius 2 is 1.82 bits per heavy atom. The summed E-state index contributed by atoms with van der Waals surface area (Å²) in [5.41, 5.74) is 5.34. The predicted molar refractivity (Wildman–Crippen MR) is 145 cm³/mol. The van der Waals surface area contributed by atoms with Crippen LogP contribution in [0, 0.1) is 12.3 Å². The van der Waals surface area contributed by atoms with Crippen molar-refractivity contribution in [3.8, 4) is 11.3 Å². The Bertz CT molecular complexity index is 1520. The molecule has 0 radical (unpaired) electrons. The topological polar surface area (TPSA) is 101 Å². The van der Waals surface area contributed by atoms with Gasteiger partial charge in [0.15, 0.2) is 0 Å². The Morgan fingerprint density at radius 1 is 1.13 bits per heavy atom. The summed E-state index contributed by atoms with van der Waals surface area (Å²) < 4.78 is 33.6. The van der Waals surface area contributed by atoms with Crippen molar-refractivity contribution in [3.05, 3.63) is 75.5 Å². The van der Waals surface area contributed by atoms with Gasteiger partial charge in [-0.15, -0.1) is 0 Å². The van der Waals surface area contributed by atoms with E-state index in [1.165, 1.54) is 34.1 Å². The Labute approximate surface area is 227 Å². The van der Waals surface area contributed by atoms with Crippen molar-refractivity contribution in [2.45, 2.75) is 56.3 Å². The van der Waals surface area contributed by atoms with Crippen molar-refractivity contribution in [1.29, 1.82) is 0 Å². The number of aryl methyl sites for hydroxylation is 1. The van der Waals surface area contributed by atoms with E-state index in [0.717, 1.165) is 66.7 Å². The first-order chi connectivity index (χ1) is 18.2. The number of nitrogens with zero attached hydrogens (tertiary/aromatic N) is 2. The van der Waals surface area contributed by atoms with E-state index in [1.54, 1.807) is 0 Å². The Morgan fingerprint density at radius 3 is 2.42 bits per heavy atom. The van der Waals surface area contributed by atoms with Gasteiger partial charge in [-0.05, 0) is 92.8 Å². The number of carbonyl (C=O) groups is 1. The van der Waals surface area contributed by atoms with Crippen molar-refractivity contribution >= 4 is 33.7 Å². The molecule has 1 saturated heterocycles. The number of hydrogen-bond acceptors (Lipinski definition) is 5. The maximum absolute atomic E-state index is 13.1. The molecule has 1 spiro atoms. The molecule has 0 amide bonds. The van der Waals surface area contributed by atoms with Crippen molar-refractivity contribution < 1.29 is 22.8 Å². The molecule has 0 unspecified atom stereocenters. The number of carboxylic acid groups (broad SMARTS) is 1. The van der Waals surface area contributed by atoms with Gasteiger partial charge in [-0.1, -0.05) is 34.5 Å². The normalized spacial score (nSPS) is 19.4. The molecule has 2 aromatic carbocycles. The van der Waals surface area contributed by atoms with Crippen LogP contribution in [0.4, 0.5) is 0 Å². The van der Waals surface area contributed by atoms with Crippen molar-refractivity contribution in [2.75, 3.05) is 13.1 Å². The standard InChI is InChI=1S/C29H29ClN2O5S/c1-18-3-2-4-24(30)25(18)26-23(27(37-31-26)20-5-6-20)15-19-16-29(17-19)11-13-32(14-12-29)38(35,36)22-9-7-21(8-10-22)28(33)34/h2-4,7-10,15,20H,5-6,11-14,16-17H2,1H3,(H,33,34). The predicted octanol–water partition coefficient (Wildman–Crippen LogP) is 6.53. The van der Waals surface area contributed by atoms with Crippen LogP contribution >= 0.6 is 11.6 Å². The number of hydrogen-bond donors (Lipinski definition) is 1. The lowest BCUT2D eigenvalue weighted by atomic mass is 9.60. The van der Waals surface area contributed by atoms with Gasteiger partial charge in [-0.3, -0.25) is 0 Å². The quantitative estimate of drug-likeness (QED) is 0.373. The van der Waals surface area contributed by atoms with Gasteiger partial charge in [0.2, 0.25) is 10.0 Å². The Balaban J connectivity index is 1.18. The van der Waals surface area contributed by atoms with Gasteiger partial charge in [-0.2, -0.15) is 4.31 Å². The SMILES string of the molecule is Cc1cccc(Cl)c1-c1noc(C2CC2)c1C=C1CC2(CCN(S(=O)(=O)c3ccc(C(=O)O)cc3)CC2)C1. The van der Waals surface area contributed by atoms with Crippen LogP contribution in [0.1, 0.15) is 71.7 Å². The second-order valence-electron chi connectivity index (χ2n) is 10.9. The molecule has 0 bridgehead atoms. The van der Waals surface area contributed by atoms with Crippen LogP contribution in [0.15, 0.2) is 57.5 Å². The highest BCUT2D eigenvalue weighted by Gasteiger charge is 2.45. The molecule has 3 aliphatic rings. The first-order valence-corrected chi connectivity index (χ1v) is 14.8. The van der Waals surface area contributed by atoms with E-state index in [-0.39, 0.29) is 15.9 Å². The van der Waals surface area contributed by atoms with E-state index < -0.39 is 16.0 Å². The van der Waals surface area contributed by atoms with E-state index in [9.17, 15) is 13.2 Å². The number of rotatable bonds is 6. The number of carboxylic acids is 1. The molecule has 2 heterocycles. The molecular formula is C29H29ClN2O5S. The molecule has 2 aliphatic carbocycles. The summed E-state index contributed by atoms with van der Waals surface area (Å²) in [6, 6.07) is 11.3. The summed E-state index contributed by atoms with van der Waals surface area (Å²) in [5, 5.41) is 14.2. The maximum atomic E-state index is 13.1. The molecule has 38 heavy (non-hydrogen) atoms. The largest absolute Gasteiger partial charge is 0.478 e. The van der Waals surface area contributed by atoms with Crippen LogP contribution in [0.2, 0.25) is 5.02 Å². The van der Waals surface area contributed by atoms with Gasteiger partial charge in [-0.25, -0.2) is 13.2 Å². The second kappa shape index (κ2) is 9.36. The number of halogens is 1. The minimum absolute atomic E-state index is 0.0702. The molecule has 0 atom stereocenters. The highest BCUT2D eigenvalue weighted by Crippen LogP contribution is 2.54. The number of sulfonamides is 1. The van der Waals surface area contributed by atoms with E-state index in [4.69, 9.17) is 21.2 Å². The number of aromatic nitrogens is 1. The molecule has 1 N–H and O–H groups in total. The van der Waals surface area contributed by atoms with E-state index >= 15 is 0 Å². The Kier molecular flexibility index (Phi) is 6.24. The lowest BCUT2D eigenvalue weighted by Crippen LogP contribution is -2.46. The number of benzene rings is 2. The van der Waals surface area contributed by atoms with Gasteiger partial charge >= 0.3 is 5.97 Å². The fourth-order valence-electron chi connectivity index (χ4n) is 5.89. The minimum Gasteiger partial charge on any atom is -0.478 e. The smallest absolute Gasteiger partial charge is 0.335 e. The molecule has 3 aromatic rings. The van der Waals surface area contributed by atoms with Crippen molar-refractivity contribution in [1.82, 2.24) is 9.46 Å². The summed E-state index contributed by atoms with van der Waals surface area (Å²) in [5.74, 6) is 0.285. The average molecular weight is 553 g/mol. The number of allylic oxidation sites excluding steroid dienone is 1. The molecule has 6 rings (SSSR count). The second-order valence-corrected chi connectivity index (χ2v) is 13.3. The fraction of sp³-hybridized carbons (Fsp3) is 0.379. The first-order valence-electron chi connectivity index (χ1n) is 12.9. The maximum Gasteiger partial charge on any atom is 0.335 e. The summed E-state index contributed by atoms with van der Waals surface area (Å²) in [7, 11) is -3.65.